The van der Waals surface area contributed by atoms with Gasteiger partial charge in [0.25, 0.3) is 5.91 Å². The van der Waals surface area contributed by atoms with Crippen molar-refractivity contribution in [3.63, 3.8) is 0 Å². The number of carbonyl (C=O) groups is 2. The van der Waals surface area contributed by atoms with Crippen LogP contribution < -0.4 is 20.7 Å². The third-order valence-corrected chi connectivity index (χ3v) is 4.30. The molecule has 0 saturated heterocycles. The first-order chi connectivity index (χ1) is 12.2. The van der Waals surface area contributed by atoms with Crippen LogP contribution in [0, 0.1) is 0 Å². The summed E-state index contributed by atoms with van der Waals surface area (Å²) in [5.41, 5.74) is 4.97. The lowest BCUT2D eigenvalue weighted by atomic mass is 10.1. The maximum absolute atomic E-state index is 12.7. The maximum atomic E-state index is 12.7. The first-order valence-corrected chi connectivity index (χ1v) is 8.45. The largest absolute Gasteiger partial charge is 0.474 e. The number of anilines is 3. The van der Waals surface area contributed by atoms with Crippen LogP contribution in [-0.4, -0.2) is 28.9 Å². The number of amides is 2. The van der Waals surface area contributed by atoms with Crippen molar-refractivity contribution in [2.24, 2.45) is 0 Å². The van der Waals surface area contributed by atoms with Gasteiger partial charge in [0, 0.05) is 5.02 Å². The minimum absolute atomic E-state index is 0.201. The molecule has 0 spiro atoms. The van der Waals surface area contributed by atoms with Crippen molar-refractivity contribution >= 4 is 52.3 Å². The number of hydrogen-bond acceptors (Lipinski definition) is 5. The summed E-state index contributed by atoms with van der Waals surface area (Å²) in [6.07, 6.45) is 0. The second-order valence-corrected chi connectivity index (χ2v) is 7.08. The smallest absolute Gasteiger partial charge is 0.272 e. The summed E-state index contributed by atoms with van der Waals surface area (Å²) in [7, 11) is 0. The van der Waals surface area contributed by atoms with Gasteiger partial charge in [-0.25, -0.2) is 4.98 Å². The molecule has 0 unspecified atom stereocenters. The fraction of sp³-hybridized carbons (Fsp3) is 0.235. The van der Waals surface area contributed by atoms with E-state index in [0.717, 1.165) is 0 Å². The third-order valence-electron chi connectivity index (χ3n) is 3.75. The fourth-order valence-electron chi connectivity index (χ4n) is 2.53. The predicted molar refractivity (Wildman–Crippen MR) is 101 cm³/mol. The van der Waals surface area contributed by atoms with Crippen molar-refractivity contribution in [1.82, 2.24) is 4.98 Å². The van der Waals surface area contributed by atoms with Crippen LogP contribution in [0.1, 0.15) is 13.8 Å². The average Bonchev–Trinajstić information content (AvgIpc) is 2.55. The number of carbonyl (C=O) groups excluding carboxylic acids is 2. The second kappa shape index (κ2) is 6.66. The number of benzene rings is 1. The Morgan fingerprint density at radius 3 is 2.73 bits per heavy atom. The van der Waals surface area contributed by atoms with E-state index in [4.69, 9.17) is 33.7 Å². The van der Waals surface area contributed by atoms with Crippen molar-refractivity contribution in [3.05, 3.63) is 40.4 Å². The molecular weight excluding hydrogens is 379 g/mol. The molecule has 136 valence electrons. The fourth-order valence-corrected chi connectivity index (χ4v) is 2.99. The summed E-state index contributed by atoms with van der Waals surface area (Å²) in [6.45, 7) is 2.97. The molecule has 0 fully saturated rings. The van der Waals surface area contributed by atoms with Gasteiger partial charge in [-0.15, -0.1) is 0 Å². The molecule has 3 N–H and O–H groups in total. The summed E-state index contributed by atoms with van der Waals surface area (Å²) in [5.74, 6) is -0.0605. The van der Waals surface area contributed by atoms with Crippen molar-refractivity contribution in [2.45, 2.75) is 19.4 Å². The Kier molecular flexibility index (Phi) is 4.68. The summed E-state index contributed by atoms with van der Waals surface area (Å²) >= 11 is 11.9. The number of rotatable bonds is 3. The predicted octanol–water partition coefficient (Wildman–Crippen LogP) is 3.11. The summed E-state index contributed by atoms with van der Waals surface area (Å²) in [4.78, 5) is 30.6. The van der Waals surface area contributed by atoms with Gasteiger partial charge < -0.3 is 15.8 Å². The normalized spacial score (nSPS) is 15.2. The molecule has 9 heteroatoms. The van der Waals surface area contributed by atoms with Gasteiger partial charge in [-0.1, -0.05) is 23.2 Å². The van der Waals surface area contributed by atoms with Gasteiger partial charge >= 0.3 is 0 Å². The number of nitrogen functional groups attached to an aromatic ring is 1. The number of pyridine rings is 1. The number of hydrogen-bond donors (Lipinski definition) is 2. The third kappa shape index (κ3) is 3.54. The van der Waals surface area contributed by atoms with E-state index in [-0.39, 0.29) is 18.2 Å². The number of nitrogens with two attached hydrogens (primary N) is 1. The van der Waals surface area contributed by atoms with E-state index in [9.17, 15) is 9.59 Å². The van der Waals surface area contributed by atoms with Gasteiger partial charge in [-0.05, 0) is 44.2 Å². The summed E-state index contributed by atoms with van der Waals surface area (Å²) in [6, 6.07) is 7.88. The molecule has 0 aliphatic carbocycles. The van der Waals surface area contributed by atoms with Crippen molar-refractivity contribution < 1.29 is 14.3 Å². The lowest BCUT2D eigenvalue weighted by molar-refractivity contribution is -0.133. The lowest BCUT2D eigenvalue weighted by Gasteiger charge is -2.37. The van der Waals surface area contributed by atoms with E-state index in [1.165, 1.54) is 11.0 Å². The molecule has 7 nitrogen and oxygen atoms in total. The van der Waals surface area contributed by atoms with E-state index in [1.54, 1.807) is 38.1 Å². The number of fused-ring (bicyclic) bond motifs is 1. The van der Waals surface area contributed by atoms with Crippen LogP contribution in [0.25, 0.3) is 0 Å². The zero-order valence-corrected chi connectivity index (χ0v) is 15.6. The highest BCUT2D eigenvalue weighted by Crippen LogP contribution is 2.36. The number of halogens is 2. The van der Waals surface area contributed by atoms with E-state index >= 15 is 0 Å². The number of aromatic nitrogens is 1. The van der Waals surface area contributed by atoms with Gasteiger partial charge in [0.1, 0.15) is 12.4 Å². The van der Waals surface area contributed by atoms with Crippen LogP contribution in [0.4, 0.5) is 17.3 Å². The van der Waals surface area contributed by atoms with Crippen LogP contribution >= 0.6 is 23.2 Å². The van der Waals surface area contributed by atoms with E-state index in [2.05, 4.69) is 10.3 Å². The average molecular weight is 395 g/mol. The number of ether oxygens (including phenoxy) is 1. The molecule has 3 rings (SSSR count). The van der Waals surface area contributed by atoms with Gasteiger partial charge in [0.15, 0.2) is 17.2 Å². The molecule has 0 saturated carbocycles. The quantitative estimate of drug-likeness (QED) is 0.833. The zero-order chi connectivity index (χ0) is 19.1. The van der Waals surface area contributed by atoms with Gasteiger partial charge in [-0.2, -0.15) is 0 Å². The van der Waals surface area contributed by atoms with Crippen LogP contribution in [0.15, 0.2) is 30.3 Å². The Labute approximate surface area is 160 Å². The van der Waals surface area contributed by atoms with Crippen LogP contribution in [0.5, 0.6) is 5.75 Å². The highest BCUT2D eigenvalue weighted by Gasteiger charge is 2.42. The molecule has 1 aliphatic rings. The Hall–Kier alpha value is -2.51. The van der Waals surface area contributed by atoms with E-state index in [0.29, 0.717) is 21.5 Å². The van der Waals surface area contributed by atoms with Crippen molar-refractivity contribution in [3.8, 4) is 5.75 Å². The molecule has 0 atom stereocenters. The molecule has 2 aromatic rings. The first-order valence-electron chi connectivity index (χ1n) is 7.70. The van der Waals surface area contributed by atoms with Gasteiger partial charge in [-0.3, -0.25) is 14.5 Å². The summed E-state index contributed by atoms with van der Waals surface area (Å²) < 4.78 is 5.67. The topological polar surface area (TPSA) is 97.6 Å². The van der Waals surface area contributed by atoms with Crippen LogP contribution in [-0.2, 0) is 9.59 Å². The second-order valence-electron chi connectivity index (χ2n) is 6.23. The minimum Gasteiger partial charge on any atom is -0.474 e. The highest BCUT2D eigenvalue weighted by molar-refractivity contribution is 6.36. The standard InChI is InChI=1S/C17H16Cl2N4O3/c1-17(2)16(25)23(15-12(26-17)5-6-13(20)22-15)8-14(24)21-11-4-3-9(18)7-10(11)19/h3-7H,8H2,1-2H3,(H2,20,22)(H,21,24). The number of nitrogens with one attached hydrogen (secondary N) is 1. The van der Waals surface area contributed by atoms with Crippen molar-refractivity contribution in [1.29, 1.82) is 0 Å². The Balaban J connectivity index is 1.87. The van der Waals surface area contributed by atoms with E-state index < -0.39 is 17.4 Å². The monoisotopic (exact) mass is 394 g/mol. The van der Waals surface area contributed by atoms with Gasteiger partial charge in [0.05, 0.1) is 10.7 Å². The van der Waals surface area contributed by atoms with Crippen molar-refractivity contribution in [2.75, 3.05) is 22.5 Å². The molecule has 1 aromatic carbocycles. The minimum atomic E-state index is -1.14. The Morgan fingerprint density at radius 2 is 2.04 bits per heavy atom. The molecular formula is C17H16Cl2N4O3. The summed E-state index contributed by atoms with van der Waals surface area (Å²) in [5, 5.41) is 3.40. The van der Waals surface area contributed by atoms with Crippen LogP contribution in [0.3, 0.4) is 0 Å². The molecule has 0 bridgehead atoms. The Bertz CT molecular complexity index is 902. The van der Waals surface area contributed by atoms with E-state index in [1.807, 2.05) is 0 Å². The first kappa shape index (κ1) is 18.3. The zero-order valence-electron chi connectivity index (χ0n) is 14.0. The molecule has 2 heterocycles. The molecule has 1 aliphatic heterocycles. The lowest BCUT2D eigenvalue weighted by Crippen LogP contribution is -2.54. The van der Waals surface area contributed by atoms with Gasteiger partial charge in [0.2, 0.25) is 5.91 Å². The maximum Gasteiger partial charge on any atom is 0.272 e. The van der Waals surface area contributed by atoms with Crippen LogP contribution in [0.2, 0.25) is 10.0 Å². The molecule has 26 heavy (non-hydrogen) atoms. The molecule has 1 aromatic heterocycles. The Morgan fingerprint density at radius 1 is 1.31 bits per heavy atom. The molecule has 2 amide bonds. The molecule has 0 radical (unpaired) electrons. The highest BCUT2D eigenvalue weighted by atomic mass is 35.5. The number of nitrogens with zero attached hydrogens (tertiary/aromatic N) is 2. The SMILES string of the molecule is CC1(C)Oc2ccc(N)nc2N(CC(=O)Nc2ccc(Cl)cc2Cl)C1=O.